The molecule has 0 bridgehead atoms. The van der Waals surface area contributed by atoms with Crippen LogP contribution >= 0.6 is 0 Å². The van der Waals surface area contributed by atoms with Crippen molar-refractivity contribution in [2.75, 3.05) is 18.0 Å². The van der Waals surface area contributed by atoms with Gasteiger partial charge in [0.2, 0.25) is 0 Å². The van der Waals surface area contributed by atoms with E-state index in [9.17, 15) is 9.59 Å². The monoisotopic (exact) mass is 390 g/mol. The predicted octanol–water partition coefficient (Wildman–Crippen LogP) is 5.10. The minimum atomic E-state index is -0.188. The number of carbonyl (C=O) groups excluding carboxylic acids is 2. The first-order valence-corrected chi connectivity index (χ1v) is 10.5. The molecule has 152 valence electrons. The van der Waals surface area contributed by atoms with E-state index < -0.39 is 0 Å². The predicted molar refractivity (Wildman–Crippen MR) is 119 cm³/mol. The van der Waals surface area contributed by atoms with Gasteiger partial charge in [-0.1, -0.05) is 61.7 Å². The van der Waals surface area contributed by atoms with Crippen molar-refractivity contribution in [1.29, 1.82) is 0 Å². The van der Waals surface area contributed by atoms with Crippen LogP contribution in [0.25, 0.3) is 5.57 Å². The van der Waals surface area contributed by atoms with E-state index in [-0.39, 0.29) is 11.8 Å². The lowest BCUT2D eigenvalue weighted by Gasteiger charge is -2.25. The molecule has 4 heteroatoms. The molecule has 0 aliphatic carbocycles. The van der Waals surface area contributed by atoms with E-state index in [1.165, 1.54) is 4.90 Å². The van der Waals surface area contributed by atoms with Crippen LogP contribution in [0.4, 0.5) is 5.69 Å². The highest BCUT2D eigenvalue weighted by Crippen LogP contribution is 2.35. The zero-order valence-electron chi connectivity index (χ0n) is 17.9. The molecule has 29 heavy (non-hydrogen) atoms. The normalized spacial score (nSPS) is 14.1. The first kappa shape index (κ1) is 20.8. The van der Waals surface area contributed by atoms with Crippen LogP contribution in [-0.4, -0.2) is 29.8 Å². The van der Waals surface area contributed by atoms with E-state index in [1.54, 1.807) is 0 Å². The quantitative estimate of drug-likeness (QED) is 0.465. The van der Waals surface area contributed by atoms with E-state index in [0.29, 0.717) is 24.4 Å². The Kier molecular flexibility index (Phi) is 6.53. The number of hydrogen-bond acceptors (Lipinski definition) is 3. The molecule has 0 saturated carbocycles. The Bertz CT molecular complexity index is 931. The van der Waals surface area contributed by atoms with Gasteiger partial charge in [-0.15, -0.1) is 0 Å². The van der Waals surface area contributed by atoms with E-state index in [1.807, 2.05) is 68.1 Å². The summed E-state index contributed by atoms with van der Waals surface area (Å²) in [5.74, 6) is -0.366. The van der Waals surface area contributed by atoms with Crippen LogP contribution < -0.4 is 4.90 Å². The minimum absolute atomic E-state index is 0.178. The average molecular weight is 391 g/mol. The molecule has 0 aromatic heterocycles. The van der Waals surface area contributed by atoms with Crippen LogP contribution in [0.5, 0.6) is 0 Å². The number of anilines is 1. The van der Waals surface area contributed by atoms with Gasteiger partial charge in [-0.25, -0.2) is 0 Å². The molecule has 1 aliphatic heterocycles. The number of benzene rings is 2. The van der Waals surface area contributed by atoms with E-state index in [2.05, 4.69) is 13.0 Å². The van der Waals surface area contributed by atoms with Gasteiger partial charge in [0.1, 0.15) is 5.70 Å². The Labute approximate surface area is 173 Å². The number of imide groups is 1. The van der Waals surface area contributed by atoms with E-state index >= 15 is 0 Å². The number of carbonyl (C=O) groups is 2. The fraction of sp³-hybridized carbons (Fsp3) is 0.360. The van der Waals surface area contributed by atoms with Crippen molar-refractivity contribution in [3.8, 4) is 0 Å². The van der Waals surface area contributed by atoms with Crippen LogP contribution in [0.2, 0.25) is 0 Å². The van der Waals surface area contributed by atoms with Crippen molar-refractivity contribution >= 4 is 23.1 Å². The highest BCUT2D eigenvalue weighted by molar-refractivity contribution is 6.37. The second-order valence-electron chi connectivity index (χ2n) is 7.59. The van der Waals surface area contributed by atoms with Crippen LogP contribution in [0.1, 0.15) is 49.8 Å². The molecule has 0 fully saturated rings. The van der Waals surface area contributed by atoms with Gasteiger partial charge in [-0.3, -0.25) is 14.5 Å². The van der Waals surface area contributed by atoms with Crippen molar-refractivity contribution in [2.45, 2.75) is 47.0 Å². The van der Waals surface area contributed by atoms with Gasteiger partial charge in [0.15, 0.2) is 0 Å². The Morgan fingerprint density at radius 3 is 2.24 bits per heavy atom. The topological polar surface area (TPSA) is 40.6 Å². The van der Waals surface area contributed by atoms with E-state index in [4.69, 9.17) is 0 Å². The van der Waals surface area contributed by atoms with Crippen molar-refractivity contribution in [1.82, 2.24) is 4.90 Å². The lowest BCUT2D eigenvalue weighted by Crippen LogP contribution is -2.36. The zero-order valence-corrected chi connectivity index (χ0v) is 17.9. The lowest BCUT2D eigenvalue weighted by molar-refractivity contribution is -0.137. The summed E-state index contributed by atoms with van der Waals surface area (Å²) in [4.78, 5) is 30.3. The second-order valence-corrected chi connectivity index (χ2v) is 7.59. The van der Waals surface area contributed by atoms with Crippen LogP contribution in [0.3, 0.4) is 0 Å². The maximum absolute atomic E-state index is 13.5. The third-order valence-corrected chi connectivity index (χ3v) is 5.43. The fourth-order valence-corrected chi connectivity index (χ4v) is 3.95. The maximum Gasteiger partial charge on any atom is 0.278 e. The van der Waals surface area contributed by atoms with Crippen molar-refractivity contribution in [3.63, 3.8) is 0 Å². The van der Waals surface area contributed by atoms with Gasteiger partial charge in [0.25, 0.3) is 11.8 Å². The summed E-state index contributed by atoms with van der Waals surface area (Å²) in [6.07, 6.45) is 2.88. The second kappa shape index (κ2) is 9.08. The van der Waals surface area contributed by atoms with E-state index in [0.717, 1.165) is 41.6 Å². The Hall–Kier alpha value is -2.88. The summed E-state index contributed by atoms with van der Waals surface area (Å²) in [7, 11) is 0. The largest absolute Gasteiger partial charge is 0.337 e. The number of para-hydroxylation sites is 1. The molecule has 0 saturated heterocycles. The molecule has 2 aromatic carbocycles. The number of unbranched alkanes of at least 4 members (excludes halogenated alkanes) is 2. The summed E-state index contributed by atoms with van der Waals surface area (Å²) in [5.41, 5.74) is 4.93. The summed E-state index contributed by atoms with van der Waals surface area (Å²) in [6.45, 7) is 9.24. The molecule has 2 amide bonds. The smallest absolute Gasteiger partial charge is 0.278 e. The molecule has 2 aromatic rings. The van der Waals surface area contributed by atoms with Crippen molar-refractivity contribution in [3.05, 3.63) is 70.9 Å². The molecule has 0 atom stereocenters. The number of aryl methyl sites for hydroxylation is 2. The van der Waals surface area contributed by atoms with Crippen molar-refractivity contribution in [2.24, 2.45) is 0 Å². The molecule has 0 unspecified atom stereocenters. The Balaban J connectivity index is 2.14. The highest BCUT2D eigenvalue weighted by Gasteiger charge is 2.41. The van der Waals surface area contributed by atoms with Crippen LogP contribution in [0.15, 0.2) is 54.2 Å². The number of hydrogen-bond donors (Lipinski definition) is 0. The molecular weight excluding hydrogens is 360 g/mol. The SMILES string of the molecule is CCCCCN1C(=O)C(c2ccc(C)cc2C)=C(N(CC)c2ccccc2)C1=O. The van der Waals surface area contributed by atoms with Gasteiger partial charge in [0, 0.05) is 18.8 Å². The van der Waals surface area contributed by atoms with Gasteiger partial charge < -0.3 is 4.90 Å². The lowest BCUT2D eigenvalue weighted by atomic mass is 9.97. The summed E-state index contributed by atoms with van der Waals surface area (Å²) in [6, 6.07) is 15.9. The van der Waals surface area contributed by atoms with Crippen molar-refractivity contribution < 1.29 is 9.59 Å². The Morgan fingerprint density at radius 2 is 1.62 bits per heavy atom. The highest BCUT2D eigenvalue weighted by atomic mass is 16.2. The molecule has 0 N–H and O–H groups in total. The summed E-state index contributed by atoms with van der Waals surface area (Å²) < 4.78 is 0. The number of rotatable bonds is 8. The standard InChI is InChI=1S/C25H30N2O2/c1-5-7-11-16-27-24(28)22(21-15-14-18(3)17-19(21)4)23(25(27)29)26(6-2)20-12-9-8-10-13-20/h8-10,12-15,17H,5-7,11,16H2,1-4H3. The summed E-state index contributed by atoms with van der Waals surface area (Å²) >= 11 is 0. The molecule has 3 rings (SSSR count). The van der Waals surface area contributed by atoms with Gasteiger partial charge in [-0.2, -0.15) is 0 Å². The van der Waals surface area contributed by atoms with Gasteiger partial charge in [-0.05, 0) is 50.5 Å². The third-order valence-electron chi connectivity index (χ3n) is 5.43. The maximum atomic E-state index is 13.5. The van der Waals surface area contributed by atoms with Gasteiger partial charge >= 0.3 is 0 Å². The molecule has 1 heterocycles. The van der Waals surface area contributed by atoms with Crippen LogP contribution in [-0.2, 0) is 9.59 Å². The van der Waals surface area contributed by atoms with Crippen LogP contribution in [0, 0.1) is 13.8 Å². The number of amides is 2. The average Bonchev–Trinajstić information content (AvgIpc) is 2.95. The molecule has 4 nitrogen and oxygen atoms in total. The molecule has 0 spiro atoms. The number of nitrogens with zero attached hydrogens (tertiary/aromatic N) is 2. The molecule has 1 aliphatic rings. The molecule has 0 radical (unpaired) electrons. The zero-order chi connectivity index (χ0) is 21.0. The number of likely N-dealkylation sites (N-methyl/N-ethyl adjacent to an activating group) is 1. The summed E-state index contributed by atoms with van der Waals surface area (Å²) in [5, 5.41) is 0. The first-order chi connectivity index (χ1) is 14.0. The van der Waals surface area contributed by atoms with Gasteiger partial charge in [0.05, 0.1) is 5.57 Å². The third kappa shape index (κ3) is 4.12. The minimum Gasteiger partial charge on any atom is -0.337 e. The Morgan fingerprint density at radius 1 is 0.897 bits per heavy atom. The molecular formula is C25H30N2O2. The first-order valence-electron chi connectivity index (χ1n) is 10.5. The fourth-order valence-electron chi connectivity index (χ4n) is 3.95.